The van der Waals surface area contributed by atoms with E-state index in [0.717, 1.165) is 23.3 Å². The number of anilines is 1. The highest BCUT2D eigenvalue weighted by Gasteiger charge is 2.24. The average molecular weight is 290 g/mol. The Kier molecular flexibility index (Phi) is 3.56. The van der Waals surface area contributed by atoms with Crippen molar-refractivity contribution in [3.63, 3.8) is 0 Å². The van der Waals surface area contributed by atoms with Crippen LogP contribution in [0.2, 0.25) is 0 Å². The van der Waals surface area contributed by atoms with Gasteiger partial charge in [0.1, 0.15) is 5.75 Å². The highest BCUT2D eigenvalue weighted by atomic mass is 32.2. The van der Waals surface area contributed by atoms with Crippen LogP contribution in [-0.2, 0) is 0 Å². The van der Waals surface area contributed by atoms with Gasteiger partial charge < -0.3 is 10.5 Å². The summed E-state index contributed by atoms with van der Waals surface area (Å²) in [6.07, 6.45) is 0. The molecule has 20 heavy (non-hydrogen) atoms. The molecule has 3 rings (SSSR count). The maximum absolute atomic E-state index is 5.85. The minimum absolute atomic E-state index is 0.264. The molecule has 2 aromatic rings. The van der Waals surface area contributed by atoms with Crippen LogP contribution < -0.4 is 10.5 Å². The van der Waals surface area contributed by atoms with Crippen molar-refractivity contribution in [2.45, 2.75) is 31.0 Å². The van der Waals surface area contributed by atoms with Crippen molar-refractivity contribution in [2.75, 3.05) is 18.1 Å². The van der Waals surface area contributed by atoms with E-state index in [9.17, 15) is 0 Å². The summed E-state index contributed by atoms with van der Waals surface area (Å²) in [4.78, 5) is 0. The Bertz CT molecular complexity index is 611. The maximum atomic E-state index is 5.85. The fourth-order valence-corrected chi connectivity index (χ4v) is 3.58. The molecule has 106 valence electrons. The number of ether oxygens (including phenoxy) is 1. The first-order chi connectivity index (χ1) is 9.66. The predicted octanol–water partition coefficient (Wildman–Crippen LogP) is 2.71. The minimum atomic E-state index is 0.264. The van der Waals surface area contributed by atoms with Crippen molar-refractivity contribution in [3.8, 4) is 5.75 Å². The van der Waals surface area contributed by atoms with Gasteiger partial charge >= 0.3 is 0 Å². The molecule has 0 spiro atoms. The molecule has 1 atom stereocenters. The highest BCUT2D eigenvalue weighted by molar-refractivity contribution is 7.99. The third-order valence-electron chi connectivity index (χ3n) is 3.42. The monoisotopic (exact) mass is 290 g/mol. The van der Waals surface area contributed by atoms with Crippen molar-refractivity contribution in [1.29, 1.82) is 0 Å². The second-order valence-corrected chi connectivity index (χ2v) is 6.15. The van der Waals surface area contributed by atoms with Gasteiger partial charge in [-0.15, -0.1) is 10.2 Å². The summed E-state index contributed by atoms with van der Waals surface area (Å²) in [6, 6.07) is 8.48. The van der Waals surface area contributed by atoms with Gasteiger partial charge in [0.05, 0.1) is 6.61 Å². The molecule has 2 N–H and O–H groups in total. The fraction of sp³-hybridized carbons (Fsp3) is 0.429. The molecule has 2 heterocycles. The average Bonchev–Trinajstić information content (AvgIpc) is 3.00. The zero-order valence-corrected chi connectivity index (χ0v) is 12.4. The van der Waals surface area contributed by atoms with E-state index in [1.165, 1.54) is 5.56 Å². The number of hydrogen-bond acceptors (Lipinski definition) is 5. The molecule has 1 unspecified atom stereocenters. The van der Waals surface area contributed by atoms with E-state index in [-0.39, 0.29) is 6.04 Å². The molecule has 0 fully saturated rings. The van der Waals surface area contributed by atoms with Crippen LogP contribution in [0.5, 0.6) is 5.75 Å². The standard InChI is InChI=1S/C14H18N4OS/c1-9(2)18-13(15)16-17-14(18)20-8-10-7-19-12-6-4-3-5-11(10)12/h3-6,9-10H,7-8H2,1-2H3,(H2,15,16). The Morgan fingerprint density at radius 2 is 2.20 bits per heavy atom. The van der Waals surface area contributed by atoms with Gasteiger partial charge in [-0.1, -0.05) is 30.0 Å². The smallest absolute Gasteiger partial charge is 0.222 e. The highest BCUT2D eigenvalue weighted by Crippen LogP contribution is 2.37. The van der Waals surface area contributed by atoms with Gasteiger partial charge in [-0.25, -0.2) is 0 Å². The predicted molar refractivity (Wildman–Crippen MR) is 80.2 cm³/mol. The lowest BCUT2D eigenvalue weighted by molar-refractivity contribution is 0.338. The van der Waals surface area contributed by atoms with Crippen molar-refractivity contribution in [1.82, 2.24) is 14.8 Å². The second kappa shape index (κ2) is 5.36. The number of aromatic nitrogens is 3. The molecule has 0 amide bonds. The van der Waals surface area contributed by atoms with Gasteiger partial charge in [0, 0.05) is 23.3 Å². The Morgan fingerprint density at radius 1 is 1.40 bits per heavy atom. The topological polar surface area (TPSA) is 66.0 Å². The summed E-state index contributed by atoms with van der Waals surface area (Å²) in [6.45, 7) is 4.90. The van der Waals surface area contributed by atoms with Crippen LogP contribution in [-0.4, -0.2) is 27.1 Å². The largest absolute Gasteiger partial charge is 0.493 e. The lowest BCUT2D eigenvalue weighted by atomic mass is 10.0. The van der Waals surface area contributed by atoms with Crippen LogP contribution in [0, 0.1) is 0 Å². The van der Waals surface area contributed by atoms with Crippen LogP contribution >= 0.6 is 11.8 Å². The molecule has 5 nitrogen and oxygen atoms in total. The zero-order valence-electron chi connectivity index (χ0n) is 11.6. The van der Waals surface area contributed by atoms with E-state index in [1.54, 1.807) is 11.8 Å². The molecule has 6 heteroatoms. The van der Waals surface area contributed by atoms with Crippen LogP contribution in [0.15, 0.2) is 29.4 Å². The Morgan fingerprint density at radius 3 is 3.00 bits per heavy atom. The van der Waals surface area contributed by atoms with E-state index in [1.807, 2.05) is 16.7 Å². The quantitative estimate of drug-likeness (QED) is 0.877. The van der Waals surface area contributed by atoms with E-state index < -0.39 is 0 Å². The van der Waals surface area contributed by atoms with Crippen LogP contribution in [0.25, 0.3) is 0 Å². The van der Waals surface area contributed by atoms with Gasteiger partial charge in [0.15, 0.2) is 5.16 Å². The number of fused-ring (bicyclic) bond motifs is 1. The van der Waals surface area contributed by atoms with Crippen molar-refractivity contribution in [3.05, 3.63) is 29.8 Å². The van der Waals surface area contributed by atoms with E-state index in [0.29, 0.717) is 11.9 Å². The molecule has 1 aromatic heterocycles. The summed E-state index contributed by atoms with van der Waals surface area (Å²) in [5, 5.41) is 9.01. The zero-order chi connectivity index (χ0) is 14.1. The van der Waals surface area contributed by atoms with E-state index in [4.69, 9.17) is 10.5 Å². The summed E-state index contributed by atoms with van der Waals surface area (Å²) in [5.41, 5.74) is 7.14. The molecule has 1 aromatic carbocycles. The van der Waals surface area contributed by atoms with Crippen molar-refractivity contribution < 1.29 is 4.74 Å². The minimum Gasteiger partial charge on any atom is -0.493 e. The third kappa shape index (κ3) is 2.35. The molecule has 0 aliphatic carbocycles. The van der Waals surface area contributed by atoms with Gasteiger partial charge in [-0.2, -0.15) is 0 Å². The normalized spacial score (nSPS) is 17.2. The van der Waals surface area contributed by atoms with Crippen molar-refractivity contribution >= 4 is 17.7 Å². The van der Waals surface area contributed by atoms with Crippen LogP contribution in [0.1, 0.15) is 31.4 Å². The molecular formula is C14H18N4OS. The number of nitrogens with two attached hydrogens (primary N) is 1. The van der Waals surface area contributed by atoms with Gasteiger partial charge in [0.2, 0.25) is 5.95 Å². The molecular weight excluding hydrogens is 272 g/mol. The Labute approximate surface area is 122 Å². The molecule has 1 aliphatic heterocycles. The molecule has 1 aliphatic rings. The number of thioether (sulfide) groups is 1. The second-order valence-electron chi connectivity index (χ2n) is 5.16. The fourth-order valence-electron chi connectivity index (χ4n) is 2.41. The summed E-state index contributed by atoms with van der Waals surface area (Å²) in [5.74, 6) is 2.80. The summed E-state index contributed by atoms with van der Waals surface area (Å²) >= 11 is 1.69. The lowest BCUT2D eigenvalue weighted by Gasteiger charge is -2.12. The number of benzene rings is 1. The van der Waals surface area contributed by atoms with Crippen LogP contribution in [0.4, 0.5) is 5.95 Å². The SMILES string of the molecule is CC(C)n1c(N)nnc1SCC1COc2ccccc21. The number of para-hydroxylation sites is 1. The molecule has 0 saturated heterocycles. The number of rotatable bonds is 4. The number of nitrogens with zero attached hydrogens (tertiary/aromatic N) is 3. The van der Waals surface area contributed by atoms with Gasteiger partial charge in [0.25, 0.3) is 0 Å². The number of nitrogen functional groups attached to an aromatic ring is 1. The van der Waals surface area contributed by atoms with Gasteiger partial charge in [-0.3, -0.25) is 4.57 Å². The lowest BCUT2D eigenvalue weighted by Crippen LogP contribution is -2.09. The summed E-state index contributed by atoms with van der Waals surface area (Å²) < 4.78 is 7.67. The molecule has 0 saturated carbocycles. The third-order valence-corrected chi connectivity index (χ3v) is 4.53. The Hall–Kier alpha value is -1.69. The molecule has 0 radical (unpaired) electrons. The summed E-state index contributed by atoms with van der Waals surface area (Å²) in [7, 11) is 0. The van der Waals surface area contributed by atoms with Crippen LogP contribution in [0.3, 0.4) is 0 Å². The first kappa shape index (κ1) is 13.3. The maximum Gasteiger partial charge on any atom is 0.222 e. The van der Waals surface area contributed by atoms with Gasteiger partial charge in [-0.05, 0) is 19.9 Å². The first-order valence-corrected chi connectivity index (χ1v) is 7.70. The first-order valence-electron chi connectivity index (χ1n) is 6.71. The number of hydrogen-bond donors (Lipinski definition) is 1. The van der Waals surface area contributed by atoms with E-state index in [2.05, 4.69) is 36.2 Å². The van der Waals surface area contributed by atoms with E-state index >= 15 is 0 Å². The van der Waals surface area contributed by atoms with Crippen molar-refractivity contribution in [2.24, 2.45) is 0 Å². The Balaban J connectivity index is 1.72. The molecule has 0 bridgehead atoms.